The summed E-state index contributed by atoms with van der Waals surface area (Å²) in [7, 11) is 4.16. The number of fused-ring (bicyclic) bond motifs is 1. The van der Waals surface area contributed by atoms with Crippen LogP contribution in [-0.4, -0.2) is 96.1 Å². The minimum absolute atomic E-state index is 0.0134. The van der Waals surface area contributed by atoms with E-state index in [1.807, 2.05) is 31.6 Å². The highest BCUT2D eigenvalue weighted by Gasteiger charge is 2.23. The Morgan fingerprint density at radius 3 is 2.48 bits per heavy atom. The fourth-order valence-electron chi connectivity index (χ4n) is 7.84. The second kappa shape index (κ2) is 18.2. The van der Waals surface area contributed by atoms with Crippen LogP contribution in [0.3, 0.4) is 0 Å². The van der Waals surface area contributed by atoms with Crippen LogP contribution in [-0.2, 0) is 23.1 Å². The summed E-state index contributed by atoms with van der Waals surface area (Å²) < 4.78 is 10.8. The summed E-state index contributed by atoms with van der Waals surface area (Å²) in [5, 5.41) is 14.0. The Balaban J connectivity index is 1.40. The van der Waals surface area contributed by atoms with Gasteiger partial charge in [0.2, 0.25) is 6.41 Å². The zero-order valence-electron chi connectivity index (χ0n) is 32.6. The maximum absolute atomic E-state index is 11.2. The number of likely N-dealkylation sites (N-methyl/N-ethyl adjacent to an activating group) is 1. The van der Waals surface area contributed by atoms with Crippen LogP contribution < -0.4 is 10.6 Å². The molecule has 3 heterocycles. The number of ether oxygens (including phenoxy) is 1. The highest BCUT2D eigenvalue weighted by Crippen LogP contribution is 2.44. The molecular weight excluding hydrogens is 717 g/mol. The van der Waals surface area contributed by atoms with Gasteiger partial charge in [-0.3, -0.25) is 14.4 Å². The monoisotopic (exact) mass is 771 g/mol. The van der Waals surface area contributed by atoms with Gasteiger partial charge < -0.3 is 24.8 Å². The van der Waals surface area contributed by atoms with E-state index >= 15 is 0 Å². The third kappa shape index (κ3) is 9.15. The maximum Gasteiger partial charge on any atom is 0.207 e. The van der Waals surface area contributed by atoms with Crippen LogP contribution in [0.15, 0.2) is 64.8 Å². The molecule has 0 saturated carbocycles. The molecule has 1 unspecified atom stereocenters. The standard InChI is InChI=1S/C43H55Cl2N7O2/c1-29-24-35(25-30(2)42(29)45)54-23-9-10-33(26-34-27-52(39-12-8-7-11-36(34)39)22-21-51-19-17-49(5)18-20-51)37-13-14-38(44)41(43(37)47-16-15-46-28-53)40-31(3)48-50(6)32(40)4/h7-8,11-14,24,26-28,35,47H,9-10,15-23,25H2,1-6H3,(H,46,53)/b33-26+. The van der Waals surface area contributed by atoms with Crippen LogP contribution in [0.5, 0.6) is 0 Å². The van der Waals surface area contributed by atoms with Crippen LogP contribution in [0.2, 0.25) is 5.02 Å². The molecule has 0 spiro atoms. The molecule has 1 fully saturated rings. The SMILES string of the molecule is CC1=CC(OCCC/C(=C\c2cn(CCN3CCN(C)CC3)c3ccccc23)c2ccc(Cl)c(-c3c(C)nn(C)c3C)c2NCCNC=O)CC(C)=C1Cl. The molecule has 54 heavy (non-hydrogen) atoms. The van der Waals surface area contributed by atoms with Gasteiger partial charge in [-0.05, 0) is 83.4 Å². The lowest BCUT2D eigenvalue weighted by Crippen LogP contribution is -2.45. The van der Waals surface area contributed by atoms with Gasteiger partial charge in [-0.1, -0.05) is 59.1 Å². The number of hydrogen-bond donors (Lipinski definition) is 2. The van der Waals surface area contributed by atoms with Crippen molar-refractivity contribution < 1.29 is 9.53 Å². The number of para-hydroxylation sites is 1. The highest BCUT2D eigenvalue weighted by atomic mass is 35.5. The van der Waals surface area contributed by atoms with E-state index in [-0.39, 0.29) is 6.10 Å². The molecule has 9 nitrogen and oxygen atoms in total. The summed E-state index contributed by atoms with van der Waals surface area (Å²) in [5.41, 5.74) is 11.7. The maximum atomic E-state index is 11.2. The quantitative estimate of drug-likeness (QED) is 0.0882. The highest BCUT2D eigenvalue weighted by molar-refractivity contribution is 6.34. The number of rotatable bonds is 16. The zero-order valence-corrected chi connectivity index (χ0v) is 34.2. The van der Waals surface area contributed by atoms with E-state index in [1.165, 1.54) is 27.6 Å². The first-order valence-electron chi connectivity index (χ1n) is 19.1. The largest absolute Gasteiger partial charge is 0.382 e. The Morgan fingerprint density at radius 1 is 0.981 bits per heavy atom. The summed E-state index contributed by atoms with van der Waals surface area (Å²) in [6, 6.07) is 12.9. The van der Waals surface area contributed by atoms with E-state index in [2.05, 4.69) is 94.6 Å². The number of nitrogens with zero attached hydrogens (tertiary/aromatic N) is 5. The Bertz CT molecular complexity index is 2050. The molecule has 1 aliphatic carbocycles. The van der Waals surface area contributed by atoms with E-state index < -0.39 is 0 Å². The molecule has 288 valence electrons. The van der Waals surface area contributed by atoms with Gasteiger partial charge in [0, 0.05) is 116 Å². The van der Waals surface area contributed by atoms with Gasteiger partial charge in [0.05, 0.1) is 22.5 Å². The van der Waals surface area contributed by atoms with Crippen LogP contribution >= 0.6 is 23.2 Å². The molecule has 2 N–H and O–H groups in total. The average molecular weight is 773 g/mol. The molecule has 1 aliphatic heterocycles. The number of carbonyl (C=O) groups is 1. The Hall–Kier alpha value is -3.86. The van der Waals surface area contributed by atoms with Gasteiger partial charge in [0.15, 0.2) is 0 Å². The van der Waals surface area contributed by atoms with Gasteiger partial charge in [0.25, 0.3) is 0 Å². The molecule has 1 saturated heterocycles. The van der Waals surface area contributed by atoms with E-state index in [0.717, 1.165) is 109 Å². The minimum Gasteiger partial charge on any atom is -0.382 e. The van der Waals surface area contributed by atoms with Crippen LogP contribution in [0.4, 0.5) is 5.69 Å². The minimum atomic E-state index is 0.0134. The number of aryl methyl sites for hydroxylation is 2. The smallest absolute Gasteiger partial charge is 0.207 e. The van der Waals surface area contributed by atoms with Gasteiger partial charge >= 0.3 is 0 Å². The summed E-state index contributed by atoms with van der Waals surface area (Å²) in [6.07, 6.45) is 9.97. The molecule has 11 heteroatoms. The third-order valence-corrected chi connectivity index (χ3v) is 11.8. The molecule has 2 aliphatic rings. The molecule has 4 aromatic rings. The van der Waals surface area contributed by atoms with E-state index in [9.17, 15) is 4.79 Å². The summed E-state index contributed by atoms with van der Waals surface area (Å²) in [5.74, 6) is 0. The van der Waals surface area contributed by atoms with E-state index in [0.29, 0.717) is 24.7 Å². The normalized spacial score (nSPS) is 17.4. The second-order valence-electron chi connectivity index (χ2n) is 14.8. The Morgan fingerprint density at radius 2 is 1.76 bits per heavy atom. The number of anilines is 1. The summed E-state index contributed by atoms with van der Waals surface area (Å²) in [4.78, 5) is 16.2. The summed E-state index contributed by atoms with van der Waals surface area (Å²) in [6.45, 7) is 16.2. The van der Waals surface area contributed by atoms with Crippen LogP contribution in [0, 0.1) is 13.8 Å². The second-order valence-corrected chi connectivity index (χ2v) is 15.6. The van der Waals surface area contributed by atoms with Crippen molar-refractivity contribution in [1.82, 2.24) is 29.5 Å². The average Bonchev–Trinajstić information content (AvgIpc) is 3.63. The molecule has 0 radical (unpaired) electrons. The van der Waals surface area contributed by atoms with Crippen molar-refractivity contribution in [2.75, 3.05) is 64.8 Å². The van der Waals surface area contributed by atoms with Crippen molar-refractivity contribution in [3.05, 3.63) is 92.4 Å². The van der Waals surface area contributed by atoms with Crippen molar-refractivity contribution in [3.63, 3.8) is 0 Å². The number of carbonyl (C=O) groups excluding carboxylic acids is 1. The van der Waals surface area contributed by atoms with Crippen LogP contribution in [0.1, 0.15) is 55.6 Å². The van der Waals surface area contributed by atoms with Gasteiger partial charge in [-0.15, -0.1) is 0 Å². The fourth-order valence-corrected chi connectivity index (χ4v) is 8.23. The molecule has 1 atom stereocenters. The predicted octanol–water partition coefficient (Wildman–Crippen LogP) is 8.29. The molecule has 6 rings (SSSR count). The lowest BCUT2D eigenvalue weighted by molar-refractivity contribution is -0.109. The topological polar surface area (TPSA) is 79.6 Å². The first-order valence-corrected chi connectivity index (χ1v) is 19.9. The number of piperazine rings is 1. The first kappa shape index (κ1) is 39.8. The van der Waals surface area contributed by atoms with Gasteiger partial charge in [-0.25, -0.2) is 0 Å². The number of benzene rings is 2. The van der Waals surface area contributed by atoms with Crippen molar-refractivity contribution in [3.8, 4) is 11.1 Å². The lowest BCUT2D eigenvalue weighted by atomic mass is 9.91. The molecule has 2 aromatic carbocycles. The fraction of sp³-hybridized carbons (Fsp3) is 0.442. The number of halogens is 2. The Labute approximate surface area is 330 Å². The van der Waals surface area contributed by atoms with Crippen molar-refractivity contribution in [1.29, 1.82) is 0 Å². The van der Waals surface area contributed by atoms with Crippen LogP contribution in [0.25, 0.3) is 33.7 Å². The number of hydrogen-bond acceptors (Lipinski definition) is 6. The number of allylic oxidation sites excluding steroid dienone is 3. The zero-order chi connectivity index (χ0) is 38.4. The lowest BCUT2D eigenvalue weighted by Gasteiger charge is -2.32. The number of nitrogens with one attached hydrogen (secondary N) is 2. The van der Waals surface area contributed by atoms with Crippen molar-refractivity contribution in [2.45, 2.75) is 59.6 Å². The van der Waals surface area contributed by atoms with Gasteiger partial charge in [0.1, 0.15) is 0 Å². The number of aromatic nitrogens is 3. The van der Waals surface area contributed by atoms with Crippen molar-refractivity contribution >= 4 is 57.9 Å². The molecular formula is C43H55Cl2N7O2. The molecule has 1 amide bonds. The summed E-state index contributed by atoms with van der Waals surface area (Å²) >= 11 is 13.6. The predicted molar refractivity (Wildman–Crippen MR) is 225 cm³/mol. The third-order valence-electron chi connectivity index (χ3n) is 10.9. The first-order chi connectivity index (χ1) is 26.0. The Kier molecular flexibility index (Phi) is 13.4. The van der Waals surface area contributed by atoms with E-state index in [4.69, 9.17) is 33.0 Å². The van der Waals surface area contributed by atoms with Gasteiger partial charge in [-0.2, -0.15) is 5.10 Å². The molecule has 2 aromatic heterocycles. The van der Waals surface area contributed by atoms with E-state index in [1.54, 1.807) is 0 Å². The number of amides is 1. The molecule has 0 bridgehead atoms. The van der Waals surface area contributed by atoms with Crippen molar-refractivity contribution in [2.24, 2.45) is 7.05 Å².